The smallest absolute Gasteiger partial charge is 0.333 e. The van der Waals surface area contributed by atoms with Gasteiger partial charge in [-0.15, -0.1) is 0 Å². The number of nitrogens with zero attached hydrogens (tertiary/aromatic N) is 1. The van der Waals surface area contributed by atoms with Crippen LogP contribution in [0.15, 0.2) is 54.2 Å². The van der Waals surface area contributed by atoms with E-state index in [4.69, 9.17) is 4.74 Å². The molecule has 4 nitrogen and oxygen atoms in total. The monoisotopic (exact) mass is 407 g/mol. The van der Waals surface area contributed by atoms with Crippen LogP contribution in [-0.4, -0.2) is 28.9 Å². The van der Waals surface area contributed by atoms with Crippen LogP contribution in [0.5, 0.6) is 0 Å². The van der Waals surface area contributed by atoms with Crippen molar-refractivity contribution in [1.29, 1.82) is 0 Å². The lowest BCUT2D eigenvalue weighted by Gasteiger charge is -2.40. The van der Waals surface area contributed by atoms with Crippen LogP contribution in [0.4, 0.5) is 4.39 Å². The van der Waals surface area contributed by atoms with Crippen LogP contribution < -0.4 is 0 Å². The molecule has 0 saturated heterocycles. The molecule has 1 unspecified atom stereocenters. The number of esters is 1. The van der Waals surface area contributed by atoms with Gasteiger partial charge in [-0.25, -0.2) is 9.18 Å². The molecular weight excluding hydrogens is 381 g/mol. The van der Waals surface area contributed by atoms with Gasteiger partial charge < -0.3 is 4.74 Å². The van der Waals surface area contributed by atoms with Crippen molar-refractivity contribution in [1.82, 2.24) is 4.90 Å². The third kappa shape index (κ3) is 3.53. The molecular formula is C25H26FNO3. The quantitative estimate of drug-likeness (QED) is 0.673. The molecule has 2 aromatic rings. The van der Waals surface area contributed by atoms with Crippen LogP contribution in [0, 0.1) is 12.7 Å². The van der Waals surface area contributed by atoms with E-state index in [2.05, 4.69) is 0 Å². The maximum Gasteiger partial charge on any atom is 0.333 e. The first-order valence-corrected chi connectivity index (χ1v) is 10.5. The Balaban J connectivity index is 1.84. The van der Waals surface area contributed by atoms with E-state index in [9.17, 15) is 14.0 Å². The number of halogens is 1. The van der Waals surface area contributed by atoms with Crippen molar-refractivity contribution in [2.75, 3.05) is 6.61 Å². The number of hydrogen-bond acceptors (Lipinski definition) is 3. The van der Waals surface area contributed by atoms with Gasteiger partial charge in [0.1, 0.15) is 5.82 Å². The Morgan fingerprint density at radius 1 is 1.13 bits per heavy atom. The van der Waals surface area contributed by atoms with E-state index in [-0.39, 0.29) is 24.8 Å². The number of hydrogen-bond donors (Lipinski definition) is 0. The zero-order chi connectivity index (χ0) is 21.3. The number of carbonyl (C=O) groups is 2. The first-order chi connectivity index (χ1) is 14.4. The van der Waals surface area contributed by atoms with E-state index in [0.717, 1.165) is 41.6 Å². The minimum absolute atomic E-state index is 0.215. The molecule has 0 bridgehead atoms. The Bertz CT molecular complexity index is 1030. The molecule has 0 saturated carbocycles. The second-order valence-corrected chi connectivity index (χ2v) is 8.12. The Morgan fingerprint density at radius 3 is 2.63 bits per heavy atom. The fourth-order valence-corrected chi connectivity index (χ4v) is 4.65. The lowest BCUT2D eigenvalue weighted by Crippen LogP contribution is -2.58. The van der Waals surface area contributed by atoms with E-state index in [1.807, 2.05) is 31.2 Å². The zero-order valence-electron chi connectivity index (χ0n) is 17.4. The number of benzene rings is 2. The predicted octanol–water partition coefficient (Wildman–Crippen LogP) is 4.74. The molecule has 0 heterocycles. The summed E-state index contributed by atoms with van der Waals surface area (Å²) in [6, 6.07) is 12.0. The molecule has 1 amide bonds. The lowest BCUT2D eigenvalue weighted by atomic mass is 9.90. The number of carbonyl (C=O) groups excluding carboxylic acids is 2. The van der Waals surface area contributed by atoms with Crippen LogP contribution in [-0.2, 0) is 22.4 Å². The van der Waals surface area contributed by atoms with E-state index in [1.165, 1.54) is 12.1 Å². The number of rotatable bonds is 5. The summed E-state index contributed by atoms with van der Waals surface area (Å²) < 4.78 is 19.4. The van der Waals surface area contributed by atoms with Crippen molar-refractivity contribution in [3.05, 3.63) is 82.3 Å². The number of allylic oxidation sites excluding steroid dienone is 2. The van der Waals surface area contributed by atoms with Crippen molar-refractivity contribution in [2.45, 2.75) is 51.5 Å². The van der Waals surface area contributed by atoms with E-state index in [1.54, 1.807) is 24.0 Å². The second kappa shape index (κ2) is 8.05. The van der Waals surface area contributed by atoms with Crippen molar-refractivity contribution < 1.29 is 18.7 Å². The first kappa shape index (κ1) is 20.3. The van der Waals surface area contributed by atoms with Crippen molar-refractivity contribution >= 4 is 11.9 Å². The summed E-state index contributed by atoms with van der Waals surface area (Å²) in [5.41, 5.74) is 2.79. The minimum atomic E-state index is -1.21. The van der Waals surface area contributed by atoms with Gasteiger partial charge in [0.15, 0.2) is 5.54 Å². The van der Waals surface area contributed by atoms with Gasteiger partial charge in [-0.3, -0.25) is 9.69 Å². The summed E-state index contributed by atoms with van der Waals surface area (Å²) in [5, 5.41) is 0. The van der Waals surface area contributed by atoms with Crippen molar-refractivity contribution in [3.63, 3.8) is 0 Å². The normalized spacial score (nSPS) is 19.9. The van der Waals surface area contributed by atoms with Crippen LogP contribution in [0.3, 0.4) is 0 Å². The first-order valence-electron chi connectivity index (χ1n) is 10.5. The highest BCUT2D eigenvalue weighted by Gasteiger charge is 2.53. The van der Waals surface area contributed by atoms with Gasteiger partial charge in [0.2, 0.25) is 0 Å². The molecule has 0 fully saturated rings. The van der Waals surface area contributed by atoms with E-state index >= 15 is 0 Å². The average Bonchev–Trinajstić information content (AvgIpc) is 3.37. The molecule has 30 heavy (non-hydrogen) atoms. The molecule has 2 aromatic carbocycles. The van der Waals surface area contributed by atoms with Gasteiger partial charge in [-0.2, -0.15) is 0 Å². The van der Waals surface area contributed by atoms with Crippen molar-refractivity contribution in [3.8, 4) is 0 Å². The Hall–Kier alpha value is -2.95. The van der Waals surface area contributed by atoms with Crippen LogP contribution >= 0.6 is 0 Å². The summed E-state index contributed by atoms with van der Waals surface area (Å²) >= 11 is 0. The van der Waals surface area contributed by atoms with Gasteiger partial charge in [0.25, 0.3) is 5.91 Å². The Morgan fingerprint density at radius 2 is 1.93 bits per heavy atom. The number of fused-ring (bicyclic) bond motifs is 1. The van der Waals surface area contributed by atoms with Crippen LogP contribution in [0.25, 0.3) is 0 Å². The van der Waals surface area contributed by atoms with Gasteiger partial charge in [-0.05, 0) is 68.5 Å². The van der Waals surface area contributed by atoms with Crippen LogP contribution in [0.1, 0.15) is 53.2 Å². The largest absolute Gasteiger partial charge is 0.464 e. The standard InChI is InChI=1S/C25H26FNO3/c1-3-30-24(29)25(15-19-11-12-21(26)14-20(19)16-25)27(22-9-4-5-10-22)23(28)18-8-6-7-17(2)13-18/h6-9,11-14H,3-5,10,15-16H2,1-2H3. The second-order valence-electron chi connectivity index (χ2n) is 8.12. The molecule has 0 radical (unpaired) electrons. The summed E-state index contributed by atoms with van der Waals surface area (Å²) in [5.74, 6) is -0.992. The number of amides is 1. The maximum absolute atomic E-state index is 13.9. The molecule has 156 valence electrons. The molecule has 2 aliphatic rings. The summed E-state index contributed by atoms with van der Waals surface area (Å²) in [4.78, 5) is 28.8. The predicted molar refractivity (Wildman–Crippen MR) is 112 cm³/mol. The van der Waals surface area contributed by atoms with Gasteiger partial charge in [-0.1, -0.05) is 29.8 Å². The molecule has 0 aromatic heterocycles. The molecule has 0 spiro atoms. The van der Waals surface area contributed by atoms with E-state index in [0.29, 0.717) is 12.0 Å². The van der Waals surface area contributed by atoms with Gasteiger partial charge in [0.05, 0.1) is 6.61 Å². The lowest BCUT2D eigenvalue weighted by molar-refractivity contribution is -0.155. The molecule has 1 atom stereocenters. The van der Waals surface area contributed by atoms with Crippen LogP contribution in [0.2, 0.25) is 0 Å². The highest BCUT2D eigenvalue weighted by Crippen LogP contribution is 2.41. The number of aryl methyl sites for hydroxylation is 1. The fraction of sp³-hybridized carbons (Fsp3) is 0.360. The fourth-order valence-electron chi connectivity index (χ4n) is 4.65. The molecule has 2 aliphatic carbocycles. The Kier molecular flexibility index (Phi) is 5.46. The Labute approximate surface area is 176 Å². The van der Waals surface area contributed by atoms with Gasteiger partial charge in [0, 0.05) is 24.1 Å². The third-order valence-corrected chi connectivity index (χ3v) is 5.99. The summed E-state index contributed by atoms with van der Waals surface area (Å²) in [6.07, 6.45) is 5.13. The zero-order valence-corrected chi connectivity index (χ0v) is 17.4. The van der Waals surface area contributed by atoms with Gasteiger partial charge >= 0.3 is 5.97 Å². The minimum Gasteiger partial charge on any atom is -0.464 e. The van der Waals surface area contributed by atoms with Crippen molar-refractivity contribution in [2.24, 2.45) is 0 Å². The third-order valence-electron chi connectivity index (χ3n) is 5.99. The summed E-state index contributed by atoms with van der Waals surface area (Å²) in [6.45, 7) is 3.91. The van der Waals surface area contributed by atoms with E-state index < -0.39 is 11.5 Å². The molecule has 5 heteroatoms. The maximum atomic E-state index is 13.9. The summed E-state index contributed by atoms with van der Waals surface area (Å²) in [7, 11) is 0. The molecule has 0 aliphatic heterocycles. The highest BCUT2D eigenvalue weighted by molar-refractivity contribution is 6.00. The average molecular weight is 407 g/mol. The number of ether oxygens (including phenoxy) is 1. The molecule has 0 N–H and O–H groups in total. The molecule has 4 rings (SSSR count). The SMILES string of the molecule is CCOC(=O)C1(N(C(=O)c2cccc(C)c2)C2=CCCC2)Cc2ccc(F)cc2C1. The highest BCUT2D eigenvalue weighted by atomic mass is 19.1. The topological polar surface area (TPSA) is 46.6 Å².